The highest BCUT2D eigenvalue weighted by Gasteiger charge is 2.34. The largest absolute Gasteiger partial charge is 0.494 e. The standard InChI is InChI=1S/C29H29N9O4/c1-41-26-16-21(13-14-25(26)37-19-31-33-35-37)38(27(39)18-36-24-12-6-5-11-23(24)32-34-36)28(20-8-3-2-4-9-20)29(40)30-17-22-10-7-15-42-22/h2-6,8-9,11-14,16,19,22,28H,7,10,15,17-18H2,1H3,(H,30,40)/t22-,28+/m0/s1. The number of aromatic nitrogens is 7. The van der Waals surface area contributed by atoms with Gasteiger partial charge in [0.2, 0.25) is 11.8 Å². The zero-order valence-electron chi connectivity index (χ0n) is 22.9. The van der Waals surface area contributed by atoms with Crippen molar-refractivity contribution in [3.05, 3.63) is 84.7 Å². The summed E-state index contributed by atoms with van der Waals surface area (Å²) in [7, 11) is 1.52. The predicted molar refractivity (Wildman–Crippen MR) is 152 cm³/mol. The van der Waals surface area contributed by atoms with E-state index in [0.29, 0.717) is 46.9 Å². The van der Waals surface area contributed by atoms with Gasteiger partial charge in [-0.05, 0) is 53.1 Å². The highest BCUT2D eigenvalue weighted by Crippen LogP contribution is 2.34. The van der Waals surface area contributed by atoms with Gasteiger partial charge in [-0.25, -0.2) is 4.68 Å². The van der Waals surface area contributed by atoms with Gasteiger partial charge in [-0.2, -0.15) is 4.68 Å². The smallest absolute Gasteiger partial charge is 0.249 e. The van der Waals surface area contributed by atoms with Gasteiger partial charge in [-0.15, -0.1) is 10.2 Å². The number of rotatable bonds is 10. The summed E-state index contributed by atoms with van der Waals surface area (Å²) in [6.07, 6.45) is 3.20. The Labute approximate surface area is 241 Å². The van der Waals surface area contributed by atoms with E-state index in [0.717, 1.165) is 12.8 Å². The number of para-hydroxylation sites is 1. The Morgan fingerprint density at radius 3 is 2.69 bits per heavy atom. The fourth-order valence-electron chi connectivity index (χ4n) is 5.12. The number of benzene rings is 3. The second kappa shape index (κ2) is 12.1. The molecule has 1 saturated heterocycles. The van der Waals surface area contributed by atoms with Gasteiger partial charge < -0.3 is 14.8 Å². The lowest BCUT2D eigenvalue weighted by Gasteiger charge is -2.32. The molecule has 0 aliphatic carbocycles. The van der Waals surface area contributed by atoms with Crippen molar-refractivity contribution in [3.63, 3.8) is 0 Å². The van der Waals surface area contributed by atoms with Gasteiger partial charge in [0.15, 0.2) is 0 Å². The van der Waals surface area contributed by atoms with E-state index >= 15 is 0 Å². The average Bonchev–Trinajstić information content (AvgIpc) is 3.82. The summed E-state index contributed by atoms with van der Waals surface area (Å²) in [5.74, 6) is -0.295. The quantitative estimate of drug-likeness (QED) is 0.269. The van der Waals surface area contributed by atoms with E-state index in [1.54, 1.807) is 18.2 Å². The van der Waals surface area contributed by atoms with Gasteiger partial charge >= 0.3 is 0 Å². The maximum atomic E-state index is 14.3. The van der Waals surface area contributed by atoms with E-state index in [9.17, 15) is 9.59 Å². The van der Waals surface area contributed by atoms with Crippen molar-refractivity contribution < 1.29 is 19.1 Å². The molecule has 5 aromatic rings. The molecule has 0 bridgehead atoms. The van der Waals surface area contributed by atoms with Crippen molar-refractivity contribution in [1.82, 2.24) is 40.5 Å². The van der Waals surface area contributed by atoms with Crippen LogP contribution in [0.5, 0.6) is 5.75 Å². The highest BCUT2D eigenvalue weighted by molar-refractivity contribution is 6.01. The lowest BCUT2D eigenvalue weighted by Crippen LogP contribution is -2.46. The van der Waals surface area contributed by atoms with Crippen LogP contribution in [0.1, 0.15) is 24.4 Å². The molecule has 3 aromatic carbocycles. The Morgan fingerprint density at radius 2 is 1.93 bits per heavy atom. The summed E-state index contributed by atoms with van der Waals surface area (Å²) in [5.41, 5.74) is 3.02. The van der Waals surface area contributed by atoms with Crippen LogP contribution in [0, 0.1) is 0 Å². The minimum Gasteiger partial charge on any atom is -0.494 e. The van der Waals surface area contributed by atoms with Crippen LogP contribution in [0.25, 0.3) is 16.7 Å². The molecule has 1 fully saturated rings. The topological polar surface area (TPSA) is 142 Å². The Bertz CT molecular complexity index is 1670. The summed E-state index contributed by atoms with van der Waals surface area (Å²) in [5, 5.41) is 22.8. The third kappa shape index (κ3) is 5.54. The molecule has 2 amide bonds. The molecule has 2 atom stereocenters. The van der Waals surface area contributed by atoms with Crippen molar-refractivity contribution in [2.24, 2.45) is 0 Å². The number of nitrogens with one attached hydrogen (secondary N) is 1. The number of hydrogen-bond donors (Lipinski definition) is 1. The fraction of sp³-hybridized carbons (Fsp3) is 0.276. The first-order valence-electron chi connectivity index (χ1n) is 13.6. The van der Waals surface area contributed by atoms with Gasteiger partial charge in [0.05, 0.1) is 18.7 Å². The SMILES string of the molecule is COc1cc(N(C(=O)Cn2nnc3ccccc32)[C@@H](C(=O)NC[C@@H]2CCCO2)c2ccccc2)ccc1-n1cnnn1. The second-order valence-corrected chi connectivity index (χ2v) is 9.80. The molecule has 2 aromatic heterocycles. The zero-order chi connectivity index (χ0) is 28.9. The van der Waals surface area contributed by atoms with Crippen LogP contribution < -0.4 is 15.0 Å². The molecule has 214 valence electrons. The molecule has 0 saturated carbocycles. The lowest BCUT2D eigenvalue weighted by molar-refractivity contribution is -0.127. The summed E-state index contributed by atoms with van der Waals surface area (Å²) in [6, 6.07) is 20.8. The second-order valence-electron chi connectivity index (χ2n) is 9.80. The molecule has 0 spiro atoms. The van der Waals surface area contributed by atoms with Gasteiger partial charge in [-0.1, -0.05) is 47.7 Å². The van der Waals surface area contributed by atoms with E-state index in [4.69, 9.17) is 9.47 Å². The first-order valence-corrected chi connectivity index (χ1v) is 13.6. The lowest BCUT2D eigenvalue weighted by atomic mass is 10.0. The number of ether oxygens (including phenoxy) is 2. The molecule has 1 aliphatic heterocycles. The Hall–Kier alpha value is -5.17. The van der Waals surface area contributed by atoms with E-state index in [2.05, 4.69) is 31.2 Å². The zero-order valence-corrected chi connectivity index (χ0v) is 22.9. The van der Waals surface area contributed by atoms with Crippen LogP contribution in [-0.4, -0.2) is 73.4 Å². The van der Waals surface area contributed by atoms with Gasteiger partial charge in [0.1, 0.15) is 35.9 Å². The number of carbonyl (C=O) groups excluding carboxylic acids is 2. The number of methoxy groups -OCH3 is 1. The molecule has 0 unspecified atom stereocenters. The first kappa shape index (κ1) is 27.0. The third-order valence-electron chi connectivity index (χ3n) is 7.16. The number of nitrogens with zero attached hydrogens (tertiary/aromatic N) is 8. The van der Waals surface area contributed by atoms with E-state index in [1.807, 2.05) is 54.6 Å². The highest BCUT2D eigenvalue weighted by atomic mass is 16.5. The predicted octanol–water partition coefficient (Wildman–Crippen LogP) is 2.49. The van der Waals surface area contributed by atoms with E-state index in [-0.39, 0.29) is 24.5 Å². The average molecular weight is 568 g/mol. The van der Waals surface area contributed by atoms with E-state index in [1.165, 1.54) is 27.7 Å². The van der Waals surface area contributed by atoms with Crippen LogP contribution in [0.2, 0.25) is 0 Å². The Morgan fingerprint density at radius 1 is 1.10 bits per heavy atom. The van der Waals surface area contributed by atoms with Gasteiger partial charge in [0, 0.05) is 24.9 Å². The number of tetrazole rings is 1. The van der Waals surface area contributed by atoms with Crippen molar-refractivity contribution in [2.75, 3.05) is 25.2 Å². The molecule has 1 N–H and O–H groups in total. The van der Waals surface area contributed by atoms with Gasteiger partial charge in [-0.3, -0.25) is 14.5 Å². The summed E-state index contributed by atoms with van der Waals surface area (Å²) < 4.78 is 14.4. The van der Waals surface area contributed by atoms with Gasteiger partial charge in [0.25, 0.3) is 0 Å². The van der Waals surface area contributed by atoms with Crippen LogP contribution in [-0.2, 0) is 20.9 Å². The van der Waals surface area contributed by atoms with Crippen molar-refractivity contribution in [2.45, 2.75) is 31.5 Å². The summed E-state index contributed by atoms with van der Waals surface area (Å²) in [6.45, 7) is 0.867. The number of hydrogen-bond acceptors (Lipinski definition) is 9. The minimum absolute atomic E-state index is 0.0632. The third-order valence-corrected chi connectivity index (χ3v) is 7.16. The maximum absolute atomic E-state index is 14.3. The monoisotopic (exact) mass is 567 g/mol. The normalized spacial score (nSPS) is 15.4. The number of carbonyl (C=O) groups is 2. The minimum atomic E-state index is -1.00. The number of fused-ring (bicyclic) bond motifs is 1. The molecule has 13 heteroatoms. The fourth-order valence-corrected chi connectivity index (χ4v) is 5.12. The molecular formula is C29H29N9O4. The summed E-state index contributed by atoms with van der Waals surface area (Å²) in [4.78, 5) is 29.8. The van der Waals surface area contributed by atoms with Crippen LogP contribution in [0.3, 0.4) is 0 Å². The maximum Gasteiger partial charge on any atom is 0.249 e. The van der Waals surface area contributed by atoms with Crippen molar-refractivity contribution >= 4 is 28.5 Å². The Balaban J connectivity index is 1.42. The van der Waals surface area contributed by atoms with Crippen molar-refractivity contribution in [3.8, 4) is 11.4 Å². The molecule has 1 aliphatic rings. The summed E-state index contributed by atoms with van der Waals surface area (Å²) >= 11 is 0. The molecule has 3 heterocycles. The molecule has 0 radical (unpaired) electrons. The number of amides is 2. The van der Waals surface area contributed by atoms with Crippen molar-refractivity contribution in [1.29, 1.82) is 0 Å². The van der Waals surface area contributed by atoms with Crippen LogP contribution >= 0.6 is 0 Å². The molecule has 42 heavy (non-hydrogen) atoms. The Kier molecular flexibility index (Phi) is 7.81. The van der Waals surface area contributed by atoms with Crippen LogP contribution in [0.4, 0.5) is 5.69 Å². The molecule has 13 nitrogen and oxygen atoms in total. The number of anilines is 1. The molecular weight excluding hydrogens is 538 g/mol. The van der Waals surface area contributed by atoms with Crippen LogP contribution in [0.15, 0.2) is 79.1 Å². The first-order chi connectivity index (χ1) is 20.6. The van der Waals surface area contributed by atoms with E-state index < -0.39 is 6.04 Å². The molecule has 6 rings (SSSR count).